The fourth-order valence-corrected chi connectivity index (χ4v) is 3.16. The normalized spacial score (nSPS) is 11.6. The van der Waals surface area contributed by atoms with Gasteiger partial charge in [-0.1, -0.05) is 12.1 Å². The van der Waals surface area contributed by atoms with Crippen LogP contribution in [0.25, 0.3) is 39.5 Å². The van der Waals surface area contributed by atoms with Gasteiger partial charge in [0, 0.05) is 30.7 Å². The molecule has 0 unspecified atom stereocenters. The van der Waals surface area contributed by atoms with Gasteiger partial charge in [0.25, 0.3) is 0 Å². The summed E-state index contributed by atoms with van der Waals surface area (Å²) in [6, 6.07) is 12.0. The quantitative estimate of drug-likeness (QED) is 0.540. The van der Waals surface area contributed by atoms with Crippen molar-refractivity contribution in [2.45, 2.75) is 6.92 Å². The highest BCUT2D eigenvalue weighted by Gasteiger charge is 2.18. The van der Waals surface area contributed by atoms with Crippen LogP contribution in [0.15, 0.2) is 48.8 Å². The first kappa shape index (κ1) is 13.9. The Morgan fingerprint density at radius 3 is 2.76 bits per heavy atom. The van der Waals surface area contributed by atoms with Crippen molar-refractivity contribution < 1.29 is 0 Å². The molecule has 25 heavy (non-hydrogen) atoms. The van der Waals surface area contributed by atoms with E-state index in [4.69, 9.17) is 4.98 Å². The Hall–Kier alpha value is -3.48. The van der Waals surface area contributed by atoms with E-state index < -0.39 is 0 Å². The molecule has 0 atom stereocenters. The van der Waals surface area contributed by atoms with Crippen LogP contribution in [0.2, 0.25) is 0 Å². The number of H-pyrrole nitrogens is 1. The summed E-state index contributed by atoms with van der Waals surface area (Å²) in [5.74, 6) is 0.785. The third-order valence-corrected chi connectivity index (χ3v) is 4.23. The van der Waals surface area contributed by atoms with Gasteiger partial charge in [-0.05, 0) is 31.2 Å². The molecule has 7 heteroatoms. The van der Waals surface area contributed by atoms with E-state index in [1.165, 1.54) is 0 Å². The molecule has 0 aliphatic rings. The summed E-state index contributed by atoms with van der Waals surface area (Å²) in [5.41, 5.74) is 6.40. The Bertz CT molecular complexity index is 1220. The minimum atomic E-state index is 0.785. The highest BCUT2D eigenvalue weighted by Crippen LogP contribution is 2.32. The first-order valence-corrected chi connectivity index (χ1v) is 8.00. The molecule has 5 aromatic rings. The van der Waals surface area contributed by atoms with Crippen molar-refractivity contribution in [2.75, 3.05) is 0 Å². The SMILES string of the molecule is Cc1cccc(-c2nc3[nH]ccn3c2-c2ccc3nn(C)nc3c2)n1. The van der Waals surface area contributed by atoms with Gasteiger partial charge in [-0.15, -0.1) is 0 Å². The third kappa shape index (κ3) is 2.13. The molecular weight excluding hydrogens is 314 g/mol. The largest absolute Gasteiger partial charge is 0.330 e. The zero-order valence-electron chi connectivity index (χ0n) is 13.8. The summed E-state index contributed by atoms with van der Waals surface area (Å²) in [6.07, 6.45) is 3.85. The Morgan fingerprint density at radius 1 is 1.00 bits per heavy atom. The fourth-order valence-electron chi connectivity index (χ4n) is 3.16. The molecule has 7 nitrogen and oxygen atoms in total. The van der Waals surface area contributed by atoms with Crippen LogP contribution in [-0.4, -0.2) is 34.3 Å². The number of aromatic nitrogens is 7. The van der Waals surface area contributed by atoms with Gasteiger partial charge in [-0.2, -0.15) is 15.0 Å². The van der Waals surface area contributed by atoms with Crippen molar-refractivity contribution in [3.05, 3.63) is 54.5 Å². The predicted molar refractivity (Wildman–Crippen MR) is 95.0 cm³/mol. The van der Waals surface area contributed by atoms with Crippen LogP contribution in [-0.2, 0) is 7.05 Å². The van der Waals surface area contributed by atoms with Crippen molar-refractivity contribution >= 4 is 16.8 Å². The maximum absolute atomic E-state index is 4.75. The van der Waals surface area contributed by atoms with E-state index in [1.807, 2.05) is 67.2 Å². The van der Waals surface area contributed by atoms with Crippen LogP contribution in [0.4, 0.5) is 0 Å². The molecule has 4 heterocycles. The van der Waals surface area contributed by atoms with E-state index in [0.29, 0.717) is 0 Å². The maximum atomic E-state index is 4.75. The molecule has 4 aromatic heterocycles. The summed E-state index contributed by atoms with van der Waals surface area (Å²) in [7, 11) is 1.82. The van der Waals surface area contributed by atoms with Crippen LogP contribution in [0.1, 0.15) is 5.69 Å². The van der Waals surface area contributed by atoms with Gasteiger partial charge in [0.15, 0.2) is 0 Å². The summed E-state index contributed by atoms with van der Waals surface area (Å²) in [6.45, 7) is 1.98. The predicted octanol–water partition coefficient (Wildman–Crippen LogP) is 2.98. The second-order valence-corrected chi connectivity index (χ2v) is 6.02. The van der Waals surface area contributed by atoms with Crippen molar-refractivity contribution in [2.24, 2.45) is 7.05 Å². The molecule has 1 aromatic carbocycles. The molecule has 0 bridgehead atoms. The Balaban J connectivity index is 1.81. The molecule has 0 radical (unpaired) electrons. The highest BCUT2D eigenvalue weighted by molar-refractivity contribution is 5.86. The second kappa shape index (κ2) is 5.01. The minimum absolute atomic E-state index is 0.785. The van der Waals surface area contributed by atoms with E-state index in [0.717, 1.165) is 45.2 Å². The molecule has 1 N–H and O–H groups in total. The molecule has 0 fully saturated rings. The van der Waals surface area contributed by atoms with E-state index in [9.17, 15) is 0 Å². The molecule has 5 rings (SSSR count). The van der Waals surface area contributed by atoms with Gasteiger partial charge in [0.2, 0.25) is 5.78 Å². The lowest BCUT2D eigenvalue weighted by Gasteiger charge is -2.05. The molecule has 0 saturated carbocycles. The van der Waals surface area contributed by atoms with Crippen LogP contribution in [0.3, 0.4) is 0 Å². The van der Waals surface area contributed by atoms with Crippen molar-refractivity contribution in [3.63, 3.8) is 0 Å². The van der Waals surface area contributed by atoms with Gasteiger partial charge in [-0.3, -0.25) is 9.38 Å². The fraction of sp³-hybridized carbons (Fsp3) is 0.111. The maximum Gasteiger partial charge on any atom is 0.212 e. The number of nitrogens with one attached hydrogen (secondary N) is 1. The molecule has 0 amide bonds. The number of rotatable bonds is 2. The van der Waals surface area contributed by atoms with Gasteiger partial charge in [0.1, 0.15) is 16.7 Å². The van der Waals surface area contributed by atoms with Gasteiger partial charge < -0.3 is 4.98 Å². The van der Waals surface area contributed by atoms with Crippen LogP contribution >= 0.6 is 0 Å². The standard InChI is InChI=1S/C18H15N7/c1-11-4-3-5-14(20-11)16-17(25-9-8-19-18(25)21-16)12-6-7-13-15(10-12)23-24(2)22-13/h3-10H,1-2H3,(H,19,21). The number of nitrogens with zero attached hydrogens (tertiary/aromatic N) is 6. The van der Waals surface area contributed by atoms with Crippen molar-refractivity contribution in [3.8, 4) is 22.6 Å². The molecule has 0 aliphatic carbocycles. The van der Waals surface area contributed by atoms with Crippen LogP contribution in [0, 0.1) is 6.92 Å². The number of hydrogen-bond acceptors (Lipinski definition) is 4. The lowest BCUT2D eigenvalue weighted by Crippen LogP contribution is -1.91. The van der Waals surface area contributed by atoms with Gasteiger partial charge >= 0.3 is 0 Å². The van der Waals surface area contributed by atoms with Crippen molar-refractivity contribution in [1.29, 1.82) is 0 Å². The Morgan fingerprint density at radius 2 is 1.88 bits per heavy atom. The number of pyridine rings is 1. The number of aryl methyl sites for hydroxylation is 2. The van der Waals surface area contributed by atoms with Crippen LogP contribution < -0.4 is 0 Å². The van der Waals surface area contributed by atoms with E-state index >= 15 is 0 Å². The van der Waals surface area contributed by atoms with E-state index in [2.05, 4.69) is 20.2 Å². The number of fused-ring (bicyclic) bond motifs is 2. The average molecular weight is 329 g/mol. The number of imidazole rings is 2. The zero-order valence-corrected chi connectivity index (χ0v) is 13.8. The topological polar surface area (TPSA) is 76.7 Å². The Labute approximate surface area is 143 Å². The molecule has 0 aliphatic heterocycles. The number of benzene rings is 1. The smallest absolute Gasteiger partial charge is 0.212 e. The van der Waals surface area contributed by atoms with Gasteiger partial charge in [-0.25, -0.2) is 4.98 Å². The molecule has 0 spiro atoms. The Kier molecular flexibility index (Phi) is 2.79. The van der Waals surface area contributed by atoms with E-state index in [1.54, 1.807) is 4.80 Å². The summed E-state index contributed by atoms with van der Waals surface area (Å²) in [4.78, 5) is 14.1. The van der Waals surface area contributed by atoms with Crippen LogP contribution in [0.5, 0.6) is 0 Å². The summed E-state index contributed by atoms with van der Waals surface area (Å²) in [5, 5.41) is 8.77. The average Bonchev–Trinajstić information content (AvgIpc) is 3.26. The highest BCUT2D eigenvalue weighted by atomic mass is 15.4. The monoisotopic (exact) mass is 329 g/mol. The summed E-state index contributed by atoms with van der Waals surface area (Å²) < 4.78 is 2.04. The first-order valence-electron chi connectivity index (χ1n) is 8.00. The molecular formula is C18H15N7. The number of hydrogen-bond donors (Lipinski definition) is 1. The lowest BCUT2D eigenvalue weighted by molar-refractivity contribution is 0.665. The lowest BCUT2D eigenvalue weighted by atomic mass is 10.1. The van der Waals surface area contributed by atoms with E-state index in [-0.39, 0.29) is 0 Å². The first-order chi connectivity index (χ1) is 12.2. The zero-order chi connectivity index (χ0) is 17.0. The second-order valence-electron chi connectivity index (χ2n) is 6.02. The third-order valence-electron chi connectivity index (χ3n) is 4.23. The van der Waals surface area contributed by atoms with Gasteiger partial charge in [0.05, 0.1) is 11.4 Å². The summed E-state index contributed by atoms with van der Waals surface area (Å²) >= 11 is 0. The van der Waals surface area contributed by atoms with Crippen molar-refractivity contribution in [1.82, 2.24) is 34.3 Å². The number of aromatic amines is 1. The molecule has 122 valence electrons. The minimum Gasteiger partial charge on any atom is -0.330 e. The molecule has 0 saturated heterocycles.